The van der Waals surface area contributed by atoms with E-state index in [2.05, 4.69) is 15.3 Å². The highest BCUT2D eigenvalue weighted by Crippen LogP contribution is 2.21. The SMILES string of the molecule is CC(C)Cn1c(SCC(=O)NC2CC2)nc2ncccc2c1=O. The molecule has 1 aliphatic rings. The van der Waals surface area contributed by atoms with Gasteiger partial charge in [-0.25, -0.2) is 9.97 Å². The van der Waals surface area contributed by atoms with E-state index in [0.29, 0.717) is 34.7 Å². The second-order valence-electron chi connectivity index (χ2n) is 6.21. The van der Waals surface area contributed by atoms with Crippen LogP contribution in [0.1, 0.15) is 26.7 Å². The molecule has 0 spiro atoms. The second kappa shape index (κ2) is 6.70. The lowest BCUT2D eigenvalue weighted by molar-refractivity contribution is -0.118. The summed E-state index contributed by atoms with van der Waals surface area (Å²) in [6.07, 6.45) is 3.75. The van der Waals surface area contributed by atoms with Crippen molar-refractivity contribution in [3.8, 4) is 0 Å². The summed E-state index contributed by atoms with van der Waals surface area (Å²) in [7, 11) is 0. The number of carbonyl (C=O) groups is 1. The molecule has 0 unspecified atom stereocenters. The highest BCUT2D eigenvalue weighted by atomic mass is 32.2. The molecule has 0 aliphatic heterocycles. The average molecular weight is 332 g/mol. The van der Waals surface area contributed by atoms with Crippen molar-refractivity contribution in [2.75, 3.05) is 5.75 Å². The van der Waals surface area contributed by atoms with Crippen molar-refractivity contribution < 1.29 is 4.79 Å². The summed E-state index contributed by atoms with van der Waals surface area (Å²) >= 11 is 1.30. The van der Waals surface area contributed by atoms with Gasteiger partial charge in [-0.1, -0.05) is 25.6 Å². The largest absolute Gasteiger partial charge is 0.353 e. The van der Waals surface area contributed by atoms with E-state index in [1.807, 2.05) is 13.8 Å². The van der Waals surface area contributed by atoms with Crippen LogP contribution in [0.5, 0.6) is 0 Å². The van der Waals surface area contributed by atoms with Crippen LogP contribution >= 0.6 is 11.8 Å². The third kappa shape index (κ3) is 3.90. The Balaban J connectivity index is 1.89. The maximum atomic E-state index is 12.7. The predicted octanol–water partition coefficient (Wildman–Crippen LogP) is 1.82. The predicted molar refractivity (Wildman–Crippen MR) is 90.5 cm³/mol. The van der Waals surface area contributed by atoms with Crippen molar-refractivity contribution in [2.24, 2.45) is 5.92 Å². The van der Waals surface area contributed by atoms with Crippen LogP contribution < -0.4 is 10.9 Å². The Bertz CT molecular complexity index is 783. The molecule has 2 aromatic rings. The van der Waals surface area contributed by atoms with E-state index in [0.717, 1.165) is 12.8 Å². The lowest BCUT2D eigenvalue weighted by atomic mass is 10.2. The first-order valence-corrected chi connectivity index (χ1v) is 8.81. The summed E-state index contributed by atoms with van der Waals surface area (Å²) in [6.45, 7) is 4.67. The summed E-state index contributed by atoms with van der Waals surface area (Å²) in [4.78, 5) is 33.2. The zero-order valence-electron chi connectivity index (χ0n) is 13.3. The fraction of sp³-hybridized carbons (Fsp3) is 0.500. The Morgan fingerprint density at radius 2 is 2.26 bits per heavy atom. The number of amides is 1. The van der Waals surface area contributed by atoms with Gasteiger partial charge in [-0.05, 0) is 30.9 Å². The number of thioether (sulfide) groups is 1. The van der Waals surface area contributed by atoms with E-state index in [9.17, 15) is 9.59 Å². The Labute approximate surface area is 138 Å². The maximum Gasteiger partial charge on any atom is 0.263 e. The van der Waals surface area contributed by atoms with Crippen LogP contribution in [-0.2, 0) is 11.3 Å². The number of aromatic nitrogens is 3. The van der Waals surface area contributed by atoms with Crippen LogP contribution in [0.2, 0.25) is 0 Å². The molecule has 2 heterocycles. The molecule has 1 N–H and O–H groups in total. The molecule has 7 heteroatoms. The molecule has 0 saturated heterocycles. The van der Waals surface area contributed by atoms with Gasteiger partial charge in [0.05, 0.1) is 11.1 Å². The van der Waals surface area contributed by atoms with Gasteiger partial charge in [-0.2, -0.15) is 0 Å². The first-order chi connectivity index (χ1) is 11.0. The lowest BCUT2D eigenvalue weighted by Crippen LogP contribution is -2.29. The molecule has 1 saturated carbocycles. The number of hydrogen-bond donors (Lipinski definition) is 1. The van der Waals surface area contributed by atoms with E-state index in [1.165, 1.54) is 11.8 Å². The minimum Gasteiger partial charge on any atom is -0.353 e. The van der Waals surface area contributed by atoms with Crippen LogP contribution in [0, 0.1) is 5.92 Å². The van der Waals surface area contributed by atoms with Crippen LogP contribution in [0.4, 0.5) is 0 Å². The van der Waals surface area contributed by atoms with Gasteiger partial charge in [0, 0.05) is 18.8 Å². The zero-order chi connectivity index (χ0) is 16.4. The third-order valence-corrected chi connectivity index (χ3v) is 4.49. The number of hydrogen-bond acceptors (Lipinski definition) is 5. The van der Waals surface area contributed by atoms with E-state index in [4.69, 9.17) is 0 Å². The molecule has 1 aliphatic carbocycles. The summed E-state index contributed by atoms with van der Waals surface area (Å²) in [6, 6.07) is 3.82. The molecular weight excluding hydrogens is 312 g/mol. The monoisotopic (exact) mass is 332 g/mol. The van der Waals surface area contributed by atoms with Crippen LogP contribution in [-0.4, -0.2) is 32.2 Å². The van der Waals surface area contributed by atoms with Crippen LogP contribution in [0.25, 0.3) is 11.0 Å². The molecule has 2 aromatic heterocycles. The number of fused-ring (bicyclic) bond motifs is 1. The Kier molecular flexibility index (Phi) is 4.66. The number of nitrogens with one attached hydrogen (secondary N) is 1. The van der Waals surface area contributed by atoms with Gasteiger partial charge in [-0.3, -0.25) is 14.2 Å². The second-order valence-corrected chi connectivity index (χ2v) is 7.15. The van der Waals surface area contributed by atoms with E-state index >= 15 is 0 Å². The molecule has 0 radical (unpaired) electrons. The molecule has 0 bridgehead atoms. The molecule has 3 rings (SSSR count). The molecule has 1 fully saturated rings. The van der Waals surface area contributed by atoms with Gasteiger partial charge < -0.3 is 5.32 Å². The smallest absolute Gasteiger partial charge is 0.263 e. The Morgan fingerprint density at radius 3 is 2.96 bits per heavy atom. The highest BCUT2D eigenvalue weighted by Gasteiger charge is 2.23. The van der Waals surface area contributed by atoms with E-state index in [1.54, 1.807) is 22.9 Å². The molecule has 1 amide bonds. The quantitative estimate of drug-likeness (QED) is 0.645. The van der Waals surface area contributed by atoms with Crippen molar-refractivity contribution in [3.63, 3.8) is 0 Å². The Hall–Kier alpha value is -1.89. The van der Waals surface area contributed by atoms with Gasteiger partial charge in [0.1, 0.15) is 0 Å². The van der Waals surface area contributed by atoms with Crippen molar-refractivity contribution in [3.05, 3.63) is 28.7 Å². The van der Waals surface area contributed by atoms with Crippen LogP contribution in [0.15, 0.2) is 28.3 Å². The van der Waals surface area contributed by atoms with Crippen molar-refractivity contribution in [2.45, 2.75) is 44.4 Å². The Morgan fingerprint density at radius 1 is 1.48 bits per heavy atom. The van der Waals surface area contributed by atoms with Crippen LogP contribution in [0.3, 0.4) is 0 Å². The molecule has 0 aromatic carbocycles. The minimum absolute atomic E-state index is 0.0102. The molecule has 0 atom stereocenters. The average Bonchev–Trinajstić information content (AvgIpc) is 3.32. The summed E-state index contributed by atoms with van der Waals surface area (Å²) in [5, 5.41) is 4.02. The fourth-order valence-corrected chi connectivity index (χ4v) is 3.11. The van der Waals surface area contributed by atoms with Gasteiger partial charge in [0.15, 0.2) is 10.8 Å². The number of pyridine rings is 1. The third-order valence-electron chi connectivity index (χ3n) is 3.52. The molecule has 6 nitrogen and oxygen atoms in total. The number of nitrogens with zero attached hydrogens (tertiary/aromatic N) is 3. The normalized spacial score (nSPS) is 14.4. The summed E-state index contributed by atoms with van der Waals surface area (Å²) in [5.41, 5.74) is 0.338. The summed E-state index contributed by atoms with van der Waals surface area (Å²) in [5.74, 6) is 0.562. The maximum absolute atomic E-state index is 12.7. The molecular formula is C16H20N4O2S. The standard InChI is InChI=1S/C16H20N4O2S/c1-10(2)8-20-15(22)12-4-3-7-17-14(12)19-16(20)23-9-13(21)18-11-5-6-11/h3-4,7,10-11H,5-6,8-9H2,1-2H3,(H,18,21). The molecule has 23 heavy (non-hydrogen) atoms. The van der Waals surface area contributed by atoms with Gasteiger partial charge in [-0.15, -0.1) is 0 Å². The molecule has 122 valence electrons. The lowest BCUT2D eigenvalue weighted by Gasteiger charge is -2.14. The van der Waals surface area contributed by atoms with Gasteiger partial charge in [0.2, 0.25) is 5.91 Å². The van der Waals surface area contributed by atoms with Crippen molar-refractivity contribution in [1.82, 2.24) is 19.9 Å². The fourth-order valence-electron chi connectivity index (χ4n) is 2.30. The highest BCUT2D eigenvalue weighted by molar-refractivity contribution is 7.99. The zero-order valence-corrected chi connectivity index (χ0v) is 14.1. The van der Waals surface area contributed by atoms with Crippen molar-refractivity contribution in [1.29, 1.82) is 0 Å². The van der Waals surface area contributed by atoms with Gasteiger partial charge >= 0.3 is 0 Å². The first kappa shape index (κ1) is 16.0. The van der Waals surface area contributed by atoms with E-state index in [-0.39, 0.29) is 17.2 Å². The minimum atomic E-state index is -0.0955. The topological polar surface area (TPSA) is 76.9 Å². The van der Waals surface area contributed by atoms with E-state index < -0.39 is 0 Å². The first-order valence-electron chi connectivity index (χ1n) is 7.82. The number of rotatable bonds is 6. The summed E-state index contributed by atoms with van der Waals surface area (Å²) < 4.78 is 1.66. The van der Waals surface area contributed by atoms with Crippen molar-refractivity contribution >= 4 is 28.7 Å². The van der Waals surface area contributed by atoms with Gasteiger partial charge in [0.25, 0.3) is 5.56 Å². The number of carbonyl (C=O) groups excluding carboxylic acids is 1.